The number of hydrogen-bond acceptors (Lipinski definition) is 2. The number of nitrogens with two attached hydrogens (primary N) is 1. The number of para-hydroxylation sites is 1. The second kappa shape index (κ2) is 5.91. The molecular formula is C13H18F2N2O. The van der Waals surface area contributed by atoms with Gasteiger partial charge >= 0.3 is 0 Å². The van der Waals surface area contributed by atoms with Crippen LogP contribution in [0.2, 0.25) is 0 Å². The number of nitrogens with one attached hydrogen (secondary N) is 1. The number of anilines is 1. The van der Waals surface area contributed by atoms with E-state index < -0.39 is 28.6 Å². The Balaban J connectivity index is 3.00. The van der Waals surface area contributed by atoms with Crippen molar-refractivity contribution in [1.82, 2.24) is 0 Å². The van der Waals surface area contributed by atoms with Crippen molar-refractivity contribution in [2.45, 2.75) is 26.7 Å². The van der Waals surface area contributed by atoms with Gasteiger partial charge in [0.2, 0.25) is 5.91 Å². The Hall–Kier alpha value is -1.49. The van der Waals surface area contributed by atoms with E-state index in [-0.39, 0.29) is 6.54 Å². The highest BCUT2D eigenvalue weighted by molar-refractivity contribution is 5.95. The first kappa shape index (κ1) is 14.6. The van der Waals surface area contributed by atoms with Crippen LogP contribution in [0.25, 0.3) is 0 Å². The van der Waals surface area contributed by atoms with Gasteiger partial charge in [0.25, 0.3) is 0 Å². The number of carbonyl (C=O) groups is 1. The van der Waals surface area contributed by atoms with Crippen molar-refractivity contribution in [3.63, 3.8) is 0 Å². The Morgan fingerprint density at radius 1 is 1.28 bits per heavy atom. The first-order valence-corrected chi connectivity index (χ1v) is 5.96. The fraction of sp³-hybridized carbons (Fsp3) is 0.462. The summed E-state index contributed by atoms with van der Waals surface area (Å²) < 4.78 is 26.8. The molecule has 0 spiro atoms. The molecule has 0 bridgehead atoms. The molecule has 3 N–H and O–H groups in total. The summed E-state index contributed by atoms with van der Waals surface area (Å²) in [6, 6.07) is 3.44. The lowest BCUT2D eigenvalue weighted by atomic mass is 9.81. The van der Waals surface area contributed by atoms with Crippen molar-refractivity contribution in [3.05, 3.63) is 29.8 Å². The van der Waals surface area contributed by atoms with Crippen molar-refractivity contribution in [3.8, 4) is 0 Å². The monoisotopic (exact) mass is 256 g/mol. The summed E-state index contributed by atoms with van der Waals surface area (Å²) in [6.45, 7) is 3.79. The molecule has 0 radical (unpaired) electrons. The number of hydrogen-bond donors (Lipinski definition) is 2. The molecule has 1 aromatic rings. The fourth-order valence-electron chi connectivity index (χ4n) is 1.82. The Morgan fingerprint density at radius 3 is 2.17 bits per heavy atom. The molecule has 1 aromatic carbocycles. The molecule has 0 saturated carbocycles. The molecule has 0 aliphatic heterocycles. The number of amides is 1. The molecule has 18 heavy (non-hydrogen) atoms. The second-order valence-corrected chi connectivity index (χ2v) is 4.24. The predicted octanol–water partition coefficient (Wildman–Crippen LogP) is 2.67. The highest BCUT2D eigenvalue weighted by atomic mass is 19.1. The molecule has 0 unspecified atom stereocenters. The molecule has 0 saturated heterocycles. The average molecular weight is 256 g/mol. The van der Waals surface area contributed by atoms with Crippen molar-refractivity contribution in [2.75, 3.05) is 11.9 Å². The Kier molecular flexibility index (Phi) is 4.78. The van der Waals surface area contributed by atoms with Crippen molar-refractivity contribution < 1.29 is 13.6 Å². The van der Waals surface area contributed by atoms with Gasteiger partial charge in [-0.15, -0.1) is 0 Å². The fourth-order valence-corrected chi connectivity index (χ4v) is 1.82. The van der Waals surface area contributed by atoms with E-state index in [0.717, 1.165) is 12.1 Å². The molecule has 0 aliphatic carbocycles. The first-order valence-electron chi connectivity index (χ1n) is 5.96. The van der Waals surface area contributed by atoms with Crippen LogP contribution >= 0.6 is 0 Å². The van der Waals surface area contributed by atoms with Crippen LogP contribution in [0.4, 0.5) is 14.5 Å². The summed E-state index contributed by atoms with van der Waals surface area (Å²) in [5.74, 6) is -2.03. The maximum atomic E-state index is 13.4. The number of rotatable bonds is 5. The minimum Gasteiger partial charge on any atom is -0.329 e. The molecule has 100 valence electrons. The van der Waals surface area contributed by atoms with E-state index >= 15 is 0 Å². The highest BCUT2D eigenvalue weighted by Gasteiger charge is 2.34. The maximum Gasteiger partial charge on any atom is 0.232 e. The molecule has 0 aliphatic rings. The van der Waals surface area contributed by atoms with E-state index in [1.165, 1.54) is 6.07 Å². The zero-order valence-electron chi connectivity index (χ0n) is 10.6. The average Bonchev–Trinajstić information content (AvgIpc) is 2.37. The number of benzene rings is 1. The molecule has 5 heteroatoms. The van der Waals surface area contributed by atoms with Crippen LogP contribution < -0.4 is 11.1 Å². The topological polar surface area (TPSA) is 55.1 Å². The van der Waals surface area contributed by atoms with E-state index in [1.807, 2.05) is 13.8 Å². The maximum absolute atomic E-state index is 13.4. The van der Waals surface area contributed by atoms with Crippen molar-refractivity contribution in [1.29, 1.82) is 0 Å². The van der Waals surface area contributed by atoms with Gasteiger partial charge in [0.1, 0.15) is 17.3 Å². The zero-order chi connectivity index (χ0) is 13.8. The summed E-state index contributed by atoms with van der Waals surface area (Å²) in [6.07, 6.45) is 1.03. The van der Waals surface area contributed by atoms with Gasteiger partial charge in [-0.05, 0) is 25.0 Å². The van der Waals surface area contributed by atoms with Gasteiger partial charge in [-0.3, -0.25) is 4.79 Å². The minimum atomic E-state index is -0.790. The van der Waals surface area contributed by atoms with Crippen LogP contribution in [0, 0.1) is 17.0 Å². The zero-order valence-corrected chi connectivity index (χ0v) is 10.6. The highest BCUT2D eigenvalue weighted by Crippen LogP contribution is 2.28. The third-order valence-electron chi connectivity index (χ3n) is 3.43. The molecule has 0 heterocycles. The molecule has 0 atom stereocenters. The van der Waals surface area contributed by atoms with Gasteiger partial charge in [0, 0.05) is 6.54 Å². The van der Waals surface area contributed by atoms with Gasteiger partial charge in [-0.2, -0.15) is 0 Å². The Labute approximate surface area is 105 Å². The van der Waals surface area contributed by atoms with Crippen LogP contribution in [-0.2, 0) is 4.79 Å². The lowest BCUT2D eigenvalue weighted by molar-refractivity contribution is -0.125. The SMILES string of the molecule is CCC(CC)(CN)C(=O)Nc1c(F)cccc1F. The lowest BCUT2D eigenvalue weighted by Gasteiger charge is -2.28. The van der Waals surface area contributed by atoms with Crippen LogP contribution in [0.3, 0.4) is 0 Å². The van der Waals surface area contributed by atoms with E-state index in [4.69, 9.17) is 5.73 Å². The molecule has 0 aromatic heterocycles. The van der Waals surface area contributed by atoms with Crippen LogP contribution in [0.1, 0.15) is 26.7 Å². The molecular weight excluding hydrogens is 238 g/mol. The van der Waals surface area contributed by atoms with Crippen molar-refractivity contribution >= 4 is 11.6 Å². The molecule has 1 amide bonds. The summed E-state index contributed by atoms with van der Waals surface area (Å²) in [7, 11) is 0. The summed E-state index contributed by atoms with van der Waals surface area (Å²) in [5.41, 5.74) is 4.41. The quantitative estimate of drug-likeness (QED) is 0.851. The van der Waals surface area contributed by atoms with Gasteiger partial charge < -0.3 is 11.1 Å². The summed E-state index contributed by atoms with van der Waals surface area (Å²) >= 11 is 0. The lowest BCUT2D eigenvalue weighted by Crippen LogP contribution is -2.41. The predicted molar refractivity (Wildman–Crippen MR) is 67.1 cm³/mol. The minimum absolute atomic E-state index is 0.141. The largest absolute Gasteiger partial charge is 0.329 e. The van der Waals surface area contributed by atoms with E-state index in [2.05, 4.69) is 5.32 Å². The number of halogens is 2. The summed E-state index contributed by atoms with van der Waals surface area (Å²) in [5, 5.41) is 2.30. The van der Waals surface area contributed by atoms with Gasteiger partial charge in [0.05, 0.1) is 5.41 Å². The Bertz CT molecular complexity index is 402. The van der Waals surface area contributed by atoms with Crippen LogP contribution in [0.5, 0.6) is 0 Å². The second-order valence-electron chi connectivity index (χ2n) is 4.24. The van der Waals surface area contributed by atoms with Crippen LogP contribution in [-0.4, -0.2) is 12.5 Å². The third-order valence-corrected chi connectivity index (χ3v) is 3.43. The Morgan fingerprint density at radius 2 is 1.78 bits per heavy atom. The molecule has 3 nitrogen and oxygen atoms in total. The van der Waals surface area contributed by atoms with Gasteiger partial charge in [0.15, 0.2) is 0 Å². The van der Waals surface area contributed by atoms with Crippen LogP contribution in [0.15, 0.2) is 18.2 Å². The standard InChI is InChI=1S/C13H18F2N2O/c1-3-13(4-2,8-16)12(18)17-11-9(14)6-5-7-10(11)15/h5-7H,3-4,8,16H2,1-2H3,(H,17,18). The van der Waals surface area contributed by atoms with E-state index in [1.54, 1.807) is 0 Å². The normalized spacial score (nSPS) is 11.4. The number of carbonyl (C=O) groups excluding carboxylic acids is 1. The summed E-state index contributed by atoms with van der Waals surface area (Å²) in [4.78, 5) is 12.1. The van der Waals surface area contributed by atoms with Crippen molar-refractivity contribution in [2.24, 2.45) is 11.1 Å². The third kappa shape index (κ3) is 2.67. The van der Waals surface area contributed by atoms with E-state index in [9.17, 15) is 13.6 Å². The van der Waals surface area contributed by atoms with E-state index in [0.29, 0.717) is 12.8 Å². The smallest absolute Gasteiger partial charge is 0.232 e. The molecule has 0 fully saturated rings. The molecule has 1 rings (SSSR count). The van der Waals surface area contributed by atoms with Gasteiger partial charge in [-0.1, -0.05) is 19.9 Å². The van der Waals surface area contributed by atoms with Gasteiger partial charge in [-0.25, -0.2) is 8.78 Å². The first-order chi connectivity index (χ1) is 8.50.